The van der Waals surface area contributed by atoms with E-state index in [1.165, 1.54) is 17.3 Å². The summed E-state index contributed by atoms with van der Waals surface area (Å²) in [7, 11) is 0. The number of H-pyrrole nitrogens is 1. The van der Waals surface area contributed by atoms with Gasteiger partial charge < -0.3 is 21.2 Å². The van der Waals surface area contributed by atoms with Crippen molar-refractivity contribution in [3.8, 4) is 17.0 Å². The molecule has 166 valence electrons. The zero-order valence-corrected chi connectivity index (χ0v) is 18.1. The number of hydrogen-bond donors (Lipinski definition) is 3. The Morgan fingerprint density at radius 1 is 1.03 bits per heavy atom. The Morgan fingerprint density at radius 2 is 1.94 bits per heavy atom. The molecule has 5 N–H and O–H groups in total. The maximum Gasteiger partial charge on any atom is 0.163 e. The van der Waals surface area contributed by atoms with E-state index in [1.807, 2.05) is 36.5 Å². The number of aromatic amines is 1. The molecule has 0 aliphatic carbocycles. The molecule has 4 heterocycles. The summed E-state index contributed by atoms with van der Waals surface area (Å²) in [6, 6.07) is 13.9. The molecular formula is C25H25N7O. The molecule has 0 aliphatic heterocycles. The van der Waals surface area contributed by atoms with Crippen molar-refractivity contribution in [1.82, 2.24) is 24.9 Å². The Hall–Kier alpha value is -3.88. The van der Waals surface area contributed by atoms with Crippen LogP contribution in [0.4, 0.5) is 0 Å². The molecule has 4 aromatic heterocycles. The summed E-state index contributed by atoms with van der Waals surface area (Å²) < 4.78 is 5.96. The Balaban J connectivity index is 1.29. The zero-order chi connectivity index (χ0) is 22.6. The minimum atomic E-state index is -0.149. The van der Waals surface area contributed by atoms with Crippen molar-refractivity contribution in [3.63, 3.8) is 0 Å². The van der Waals surface area contributed by atoms with Gasteiger partial charge in [-0.3, -0.25) is 4.98 Å². The zero-order valence-electron chi connectivity index (χ0n) is 18.1. The predicted octanol–water partition coefficient (Wildman–Crippen LogP) is 3.02. The Labute approximate surface area is 191 Å². The van der Waals surface area contributed by atoms with Crippen LogP contribution in [-0.2, 0) is 12.8 Å². The summed E-state index contributed by atoms with van der Waals surface area (Å²) in [5, 5.41) is 2.10. The molecule has 5 rings (SSSR count). The molecule has 1 atom stereocenters. The van der Waals surface area contributed by atoms with Gasteiger partial charge in [0.1, 0.15) is 18.7 Å². The predicted molar refractivity (Wildman–Crippen MR) is 129 cm³/mol. The van der Waals surface area contributed by atoms with Crippen LogP contribution in [0.5, 0.6) is 5.75 Å². The van der Waals surface area contributed by atoms with Crippen molar-refractivity contribution in [2.24, 2.45) is 11.5 Å². The van der Waals surface area contributed by atoms with E-state index in [0.717, 1.165) is 27.9 Å². The van der Waals surface area contributed by atoms with Crippen LogP contribution in [0.1, 0.15) is 11.3 Å². The van der Waals surface area contributed by atoms with Gasteiger partial charge in [-0.25, -0.2) is 15.0 Å². The van der Waals surface area contributed by atoms with Crippen molar-refractivity contribution < 1.29 is 4.74 Å². The lowest BCUT2D eigenvalue weighted by Crippen LogP contribution is -2.30. The quantitative estimate of drug-likeness (QED) is 0.339. The van der Waals surface area contributed by atoms with E-state index in [1.54, 1.807) is 12.4 Å². The van der Waals surface area contributed by atoms with Gasteiger partial charge >= 0.3 is 0 Å². The number of nitrogens with zero attached hydrogens (tertiary/aromatic N) is 4. The van der Waals surface area contributed by atoms with Crippen LogP contribution in [0.3, 0.4) is 0 Å². The van der Waals surface area contributed by atoms with Gasteiger partial charge in [-0.15, -0.1) is 0 Å². The van der Waals surface area contributed by atoms with Gasteiger partial charge in [0.05, 0.1) is 17.6 Å². The highest BCUT2D eigenvalue weighted by molar-refractivity contribution is 5.83. The van der Waals surface area contributed by atoms with Crippen LogP contribution in [0.2, 0.25) is 0 Å². The molecular weight excluding hydrogens is 414 g/mol. The largest absolute Gasteiger partial charge is 0.490 e. The first-order valence-corrected chi connectivity index (χ1v) is 10.9. The highest BCUT2D eigenvalue weighted by Crippen LogP contribution is 2.24. The normalized spacial score (nSPS) is 12.3. The van der Waals surface area contributed by atoms with E-state index in [9.17, 15) is 0 Å². The van der Waals surface area contributed by atoms with Gasteiger partial charge in [0.15, 0.2) is 5.65 Å². The van der Waals surface area contributed by atoms with Gasteiger partial charge in [-0.05, 0) is 42.8 Å². The number of hydrogen-bond acceptors (Lipinski definition) is 7. The number of pyridine rings is 2. The summed E-state index contributed by atoms with van der Waals surface area (Å²) in [5.74, 6) is 0.648. The van der Waals surface area contributed by atoms with Gasteiger partial charge in [-0.2, -0.15) is 0 Å². The molecule has 8 nitrogen and oxygen atoms in total. The van der Waals surface area contributed by atoms with E-state index in [2.05, 4.69) is 37.1 Å². The first-order chi connectivity index (χ1) is 16.2. The van der Waals surface area contributed by atoms with Gasteiger partial charge in [0.25, 0.3) is 0 Å². The topological polar surface area (TPSA) is 129 Å². The molecule has 33 heavy (non-hydrogen) atoms. The standard InChI is InChI=1S/C25H25N7O/c26-8-7-24-21-5-6-22(32-25(21)31-15-30-24)17-10-19(13-28-11-17)33-14-18(27)9-16-12-29-23-4-2-1-3-20(16)23/h1-6,10-13,15,18,29H,7-9,14,26-27H2/t18-/m1/s1. The second-order valence-electron chi connectivity index (χ2n) is 7.97. The molecule has 0 spiro atoms. The van der Waals surface area contributed by atoms with Gasteiger partial charge in [-0.1, -0.05) is 18.2 Å². The summed E-state index contributed by atoms with van der Waals surface area (Å²) >= 11 is 0. The summed E-state index contributed by atoms with van der Waals surface area (Å²) in [5.41, 5.74) is 17.5. The van der Waals surface area contributed by atoms with Crippen molar-refractivity contribution >= 4 is 21.9 Å². The van der Waals surface area contributed by atoms with Crippen LogP contribution < -0.4 is 16.2 Å². The number of nitrogens with two attached hydrogens (primary N) is 2. The monoisotopic (exact) mass is 439 g/mol. The summed E-state index contributed by atoms with van der Waals surface area (Å²) in [4.78, 5) is 20.9. The number of fused-ring (bicyclic) bond motifs is 2. The number of benzene rings is 1. The molecule has 0 unspecified atom stereocenters. The molecule has 0 aliphatic rings. The highest BCUT2D eigenvalue weighted by Gasteiger charge is 2.11. The molecule has 0 fully saturated rings. The smallest absolute Gasteiger partial charge is 0.163 e. The lowest BCUT2D eigenvalue weighted by Gasteiger charge is -2.13. The first kappa shape index (κ1) is 21.0. The molecule has 0 amide bonds. The third-order valence-corrected chi connectivity index (χ3v) is 5.59. The number of ether oxygens (including phenoxy) is 1. The Morgan fingerprint density at radius 3 is 2.85 bits per heavy atom. The third kappa shape index (κ3) is 4.52. The average Bonchev–Trinajstić information content (AvgIpc) is 3.26. The van der Waals surface area contributed by atoms with Crippen molar-refractivity contribution in [2.45, 2.75) is 18.9 Å². The molecule has 0 saturated heterocycles. The fourth-order valence-corrected chi connectivity index (χ4v) is 3.97. The number of nitrogens with one attached hydrogen (secondary N) is 1. The lowest BCUT2D eigenvalue weighted by atomic mass is 10.1. The number of rotatable bonds is 8. The first-order valence-electron chi connectivity index (χ1n) is 10.9. The lowest BCUT2D eigenvalue weighted by molar-refractivity contribution is 0.287. The van der Waals surface area contributed by atoms with E-state index in [4.69, 9.17) is 16.2 Å². The Bertz CT molecular complexity index is 1400. The van der Waals surface area contributed by atoms with Crippen molar-refractivity contribution in [3.05, 3.63) is 78.6 Å². The SMILES string of the molecule is NCCc1ncnc2nc(-c3cncc(OC[C@H](N)Cc4c[nH]c5ccccc45)c3)ccc12. The van der Waals surface area contributed by atoms with Crippen LogP contribution >= 0.6 is 0 Å². The fraction of sp³-hybridized carbons (Fsp3) is 0.200. The van der Waals surface area contributed by atoms with Crippen molar-refractivity contribution in [2.75, 3.05) is 13.2 Å². The molecule has 0 bridgehead atoms. The maximum atomic E-state index is 6.36. The van der Waals surface area contributed by atoms with Gasteiger partial charge in [0, 0.05) is 46.7 Å². The van der Waals surface area contributed by atoms with E-state index in [-0.39, 0.29) is 6.04 Å². The molecule has 5 aromatic rings. The van der Waals surface area contributed by atoms with Crippen LogP contribution in [-0.4, -0.2) is 44.1 Å². The number of aromatic nitrogens is 5. The summed E-state index contributed by atoms with van der Waals surface area (Å²) in [6.45, 7) is 0.908. The summed E-state index contributed by atoms with van der Waals surface area (Å²) in [6.07, 6.45) is 8.38. The molecule has 8 heteroatoms. The molecule has 1 aromatic carbocycles. The van der Waals surface area contributed by atoms with Crippen LogP contribution in [0, 0.1) is 0 Å². The van der Waals surface area contributed by atoms with E-state index >= 15 is 0 Å². The maximum absolute atomic E-state index is 6.36. The molecule has 0 radical (unpaired) electrons. The van der Waals surface area contributed by atoms with E-state index < -0.39 is 0 Å². The Kier molecular flexibility index (Phi) is 5.93. The average molecular weight is 440 g/mol. The number of para-hydroxylation sites is 1. The highest BCUT2D eigenvalue weighted by atomic mass is 16.5. The van der Waals surface area contributed by atoms with Gasteiger partial charge in [0.2, 0.25) is 0 Å². The molecule has 0 saturated carbocycles. The second kappa shape index (κ2) is 9.32. The van der Waals surface area contributed by atoms with E-state index in [0.29, 0.717) is 37.4 Å². The van der Waals surface area contributed by atoms with Crippen molar-refractivity contribution in [1.29, 1.82) is 0 Å². The third-order valence-electron chi connectivity index (χ3n) is 5.59. The van der Waals surface area contributed by atoms with Crippen LogP contribution in [0.15, 0.2) is 67.4 Å². The fourth-order valence-electron chi connectivity index (χ4n) is 3.97. The second-order valence-corrected chi connectivity index (χ2v) is 7.97. The minimum Gasteiger partial charge on any atom is -0.490 e. The van der Waals surface area contributed by atoms with Crippen LogP contribution in [0.25, 0.3) is 33.2 Å². The minimum absolute atomic E-state index is 0.149.